The van der Waals surface area contributed by atoms with Gasteiger partial charge in [0.05, 0.1) is 24.5 Å². The SMILES string of the molecule is CCN(CC)CCN(C(=O)c1cc(Cl)ccc1OC)c1nc2c(OC)ccc(C)c2s1.Cl. The molecule has 32 heavy (non-hydrogen) atoms. The summed E-state index contributed by atoms with van der Waals surface area (Å²) in [6.45, 7) is 9.30. The summed E-state index contributed by atoms with van der Waals surface area (Å²) in [4.78, 5) is 22.5. The number of rotatable bonds is 9. The van der Waals surface area contributed by atoms with E-state index in [1.54, 1.807) is 37.3 Å². The monoisotopic (exact) mass is 497 g/mol. The van der Waals surface area contributed by atoms with Crippen molar-refractivity contribution >= 4 is 56.6 Å². The number of amides is 1. The highest BCUT2D eigenvalue weighted by molar-refractivity contribution is 7.22. The van der Waals surface area contributed by atoms with Crippen LogP contribution in [0.2, 0.25) is 5.02 Å². The van der Waals surface area contributed by atoms with Gasteiger partial charge in [-0.15, -0.1) is 12.4 Å². The molecule has 2 aromatic carbocycles. The molecule has 0 atom stereocenters. The van der Waals surface area contributed by atoms with Crippen molar-refractivity contribution in [1.29, 1.82) is 0 Å². The molecular formula is C23H29Cl2N3O3S. The van der Waals surface area contributed by atoms with Gasteiger partial charge < -0.3 is 14.4 Å². The number of aryl methyl sites for hydroxylation is 1. The van der Waals surface area contributed by atoms with Crippen molar-refractivity contribution in [2.24, 2.45) is 0 Å². The molecular weight excluding hydrogens is 469 g/mol. The van der Waals surface area contributed by atoms with Gasteiger partial charge in [-0.1, -0.05) is 42.9 Å². The average Bonchev–Trinajstić information content (AvgIpc) is 3.22. The molecule has 9 heteroatoms. The van der Waals surface area contributed by atoms with Gasteiger partial charge in [0.1, 0.15) is 17.0 Å². The van der Waals surface area contributed by atoms with Crippen molar-refractivity contribution in [2.75, 3.05) is 45.3 Å². The Labute approximate surface area is 204 Å². The van der Waals surface area contributed by atoms with E-state index in [0.717, 1.165) is 35.4 Å². The van der Waals surface area contributed by atoms with Gasteiger partial charge in [-0.05, 0) is 49.8 Å². The molecule has 0 spiro atoms. The topological polar surface area (TPSA) is 54.9 Å². The van der Waals surface area contributed by atoms with Gasteiger partial charge in [0.2, 0.25) is 0 Å². The first kappa shape index (κ1) is 26.2. The van der Waals surface area contributed by atoms with Crippen LogP contribution in [-0.2, 0) is 0 Å². The van der Waals surface area contributed by atoms with E-state index in [-0.39, 0.29) is 18.3 Å². The lowest BCUT2D eigenvalue weighted by Crippen LogP contribution is -2.39. The van der Waals surface area contributed by atoms with Crippen molar-refractivity contribution in [1.82, 2.24) is 9.88 Å². The molecule has 6 nitrogen and oxygen atoms in total. The Morgan fingerprint density at radius 3 is 2.34 bits per heavy atom. The lowest BCUT2D eigenvalue weighted by molar-refractivity contribution is 0.0981. The molecule has 1 amide bonds. The lowest BCUT2D eigenvalue weighted by Gasteiger charge is -2.25. The van der Waals surface area contributed by atoms with E-state index in [1.165, 1.54) is 11.3 Å². The summed E-state index contributed by atoms with van der Waals surface area (Å²) in [6.07, 6.45) is 0. The first-order chi connectivity index (χ1) is 14.9. The first-order valence-electron chi connectivity index (χ1n) is 10.2. The minimum Gasteiger partial charge on any atom is -0.496 e. The maximum absolute atomic E-state index is 13.7. The Kier molecular flexibility index (Phi) is 9.58. The fourth-order valence-electron chi connectivity index (χ4n) is 3.44. The Morgan fingerprint density at radius 1 is 1.06 bits per heavy atom. The summed E-state index contributed by atoms with van der Waals surface area (Å²) >= 11 is 7.69. The zero-order chi connectivity index (χ0) is 22.5. The number of aromatic nitrogens is 1. The van der Waals surface area contributed by atoms with Crippen LogP contribution in [0.5, 0.6) is 11.5 Å². The van der Waals surface area contributed by atoms with Gasteiger partial charge in [-0.25, -0.2) is 4.98 Å². The maximum Gasteiger partial charge on any atom is 0.263 e. The smallest absolute Gasteiger partial charge is 0.263 e. The van der Waals surface area contributed by atoms with Crippen molar-refractivity contribution in [3.8, 4) is 11.5 Å². The molecule has 3 aromatic rings. The fourth-order valence-corrected chi connectivity index (χ4v) is 4.68. The van der Waals surface area contributed by atoms with Crippen LogP contribution in [0.3, 0.4) is 0 Å². The van der Waals surface area contributed by atoms with Gasteiger partial charge in [-0.2, -0.15) is 0 Å². The van der Waals surface area contributed by atoms with E-state index < -0.39 is 0 Å². The number of halogens is 2. The predicted octanol–water partition coefficient (Wildman–Crippen LogP) is 5.69. The number of benzene rings is 2. The normalized spacial score (nSPS) is 10.8. The number of carbonyl (C=O) groups is 1. The summed E-state index contributed by atoms with van der Waals surface area (Å²) in [5.74, 6) is 0.985. The van der Waals surface area contributed by atoms with Crippen LogP contribution in [0.25, 0.3) is 10.2 Å². The molecule has 0 aliphatic rings. The van der Waals surface area contributed by atoms with Crippen LogP contribution in [0.4, 0.5) is 5.13 Å². The number of carbonyl (C=O) groups excluding carboxylic acids is 1. The van der Waals surface area contributed by atoms with E-state index >= 15 is 0 Å². The molecule has 3 rings (SSSR count). The molecule has 0 unspecified atom stereocenters. The van der Waals surface area contributed by atoms with E-state index in [4.69, 9.17) is 26.1 Å². The van der Waals surface area contributed by atoms with Gasteiger partial charge >= 0.3 is 0 Å². The molecule has 1 aromatic heterocycles. The largest absolute Gasteiger partial charge is 0.496 e. The number of hydrogen-bond acceptors (Lipinski definition) is 6. The Hall–Kier alpha value is -2.06. The molecule has 174 valence electrons. The first-order valence-corrected chi connectivity index (χ1v) is 11.4. The molecule has 0 saturated heterocycles. The van der Waals surface area contributed by atoms with Crippen LogP contribution in [0.15, 0.2) is 30.3 Å². The Morgan fingerprint density at radius 2 is 1.72 bits per heavy atom. The molecule has 0 saturated carbocycles. The highest BCUT2D eigenvalue weighted by Crippen LogP contribution is 2.37. The number of ether oxygens (including phenoxy) is 2. The molecule has 1 heterocycles. The van der Waals surface area contributed by atoms with E-state index in [0.29, 0.717) is 33.8 Å². The van der Waals surface area contributed by atoms with E-state index in [1.807, 2.05) is 19.1 Å². The minimum absolute atomic E-state index is 0. The van der Waals surface area contributed by atoms with Crippen LogP contribution in [-0.4, -0.2) is 56.2 Å². The van der Waals surface area contributed by atoms with Gasteiger partial charge in [0, 0.05) is 18.1 Å². The molecule has 0 bridgehead atoms. The highest BCUT2D eigenvalue weighted by Gasteiger charge is 2.26. The van der Waals surface area contributed by atoms with Crippen LogP contribution < -0.4 is 14.4 Å². The second-order valence-electron chi connectivity index (χ2n) is 7.09. The number of hydrogen-bond donors (Lipinski definition) is 0. The van der Waals surface area contributed by atoms with E-state index in [2.05, 4.69) is 18.7 Å². The van der Waals surface area contributed by atoms with Crippen LogP contribution >= 0.6 is 35.3 Å². The second kappa shape index (κ2) is 11.7. The van der Waals surface area contributed by atoms with Gasteiger partial charge in [-0.3, -0.25) is 9.69 Å². The number of anilines is 1. The third-order valence-electron chi connectivity index (χ3n) is 5.31. The highest BCUT2D eigenvalue weighted by atomic mass is 35.5. The zero-order valence-electron chi connectivity index (χ0n) is 19.0. The quantitative estimate of drug-likeness (QED) is 0.380. The molecule has 0 aliphatic carbocycles. The average molecular weight is 498 g/mol. The number of nitrogens with zero attached hydrogens (tertiary/aromatic N) is 3. The number of methoxy groups -OCH3 is 2. The van der Waals surface area contributed by atoms with Crippen molar-refractivity contribution in [3.05, 3.63) is 46.5 Å². The number of fused-ring (bicyclic) bond motifs is 1. The maximum atomic E-state index is 13.7. The van der Waals surface area contributed by atoms with Crippen molar-refractivity contribution in [2.45, 2.75) is 20.8 Å². The summed E-state index contributed by atoms with van der Waals surface area (Å²) in [7, 11) is 3.18. The predicted molar refractivity (Wildman–Crippen MR) is 136 cm³/mol. The van der Waals surface area contributed by atoms with Crippen molar-refractivity contribution < 1.29 is 14.3 Å². The van der Waals surface area contributed by atoms with Crippen molar-refractivity contribution in [3.63, 3.8) is 0 Å². The summed E-state index contributed by atoms with van der Waals surface area (Å²) < 4.78 is 11.9. The Bertz CT molecular complexity index is 1070. The third-order valence-corrected chi connectivity index (χ3v) is 6.76. The van der Waals surface area contributed by atoms with Crippen LogP contribution in [0.1, 0.15) is 29.8 Å². The summed E-state index contributed by atoms with van der Waals surface area (Å²) in [5, 5.41) is 1.11. The molecule has 0 radical (unpaired) electrons. The third kappa shape index (κ3) is 5.46. The van der Waals surface area contributed by atoms with E-state index in [9.17, 15) is 4.79 Å². The minimum atomic E-state index is -0.192. The molecule has 0 fully saturated rings. The Balaban J connectivity index is 0.00000363. The molecule has 0 N–H and O–H groups in total. The lowest BCUT2D eigenvalue weighted by atomic mass is 10.1. The van der Waals surface area contributed by atoms with Crippen LogP contribution in [0, 0.1) is 6.92 Å². The summed E-state index contributed by atoms with van der Waals surface area (Å²) in [5.41, 5.74) is 2.27. The summed E-state index contributed by atoms with van der Waals surface area (Å²) in [6, 6.07) is 8.98. The standard InChI is InChI=1S/C23H28ClN3O3S.ClH/c1-6-26(7-2)12-13-27(22(28)17-14-16(24)9-11-18(17)29-4)23-25-20-19(30-5)10-8-15(3)21(20)31-23;/h8-11,14H,6-7,12-13H2,1-5H3;1H. The number of likely N-dealkylation sites (N-methyl/N-ethyl adjacent to an activating group) is 1. The van der Waals surface area contributed by atoms with Gasteiger partial charge in [0.15, 0.2) is 5.13 Å². The number of thiazole rings is 1. The second-order valence-corrected chi connectivity index (χ2v) is 8.50. The van der Waals surface area contributed by atoms with Gasteiger partial charge in [0.25, 0.3) is 5.91 Å². The zero-order valence-corrected chi connectivity index (χ0v) is 21.4. The molecule has 0 aliphatic heterocycles. The fraction of sp³-hybridized carbons (Fsp3) is 0.391.